The molecule has 1 aliphatic heterocycles. The van der Waals surface area contributed by atoms with Gasteiger partial charge in [0, 0.05) is 12.5 Å². The topological polar surface area (TPSA) is 29.5 Å². The fourth-order valence-corrected chi connectivity index (χ4v) is 3.61. The van der Waals surface area contributed by atoms with E-state index < -0.39 is 0 Å². The predicted molar refractivity (Wildman–Crippen MR) is 78.6 cm³/mol. The van der Waals surface area contributed by atoms with E-state index in [1.807, 2.05) is 12.1 Å². The van der Waals surface area contributed by atoms with E-state index in [0.29, 0.717) is 5.91 Å². The molecule has 3 nitrogen and oxygen atoms in total. The van der Waals surface area contributed by atoms with Gasteiger partial charge in [-0.2, -0.15) is 0 Å². The number of rotatable bonds is 3. The lowest BCUT2D eigenvalue weighted by Gasteiger charge is -2.27. The molecule has 1 aromatic rings. The molecule has 1 unspecified atom stereocenters. The van der Waals surface area contributed by atoms with Crippen molar-refractivity contribution in [3.05, 3.63) is 29.8 Å². The molecular formula is C17H23NO2. The van der Waals surface area contributed by atoms with Gasteiger partial charge in [0.05, 0.1) is 13.2 Å². The lowest BCUT2D eigenvalue weighted by atomic mass is 10.0. The Hall–Kier alpha value is -1.51. The van der Waals surface area contributed by atoms with Crippen molar-refractivity contribution in [2.24, 2.45) is 5.92 Å². The first-order valence-electron chi connectivity index (χ1n) is 7.74. The highest BCUT2D eigenvalue weighted by molar-refractivity contribution is 5.79. The fourth-order valence-electron chi connectivity index (χ4n) is 3.61. The Balaban J connectivity index is 1.75. The van der Waals surface area contributed by atoms with E-state index >= 15 is 0 Å². The summed E-state index contributed by atoms with van der Waals surface area (Å²) in [6.45, 7) is 0.923. The highest BCUT2D eigenvalue weighted by atomic mass is 16.5. The lowest BCUT2D eigenvalue weighted by molar-refractivity contribution is -0.136. The van der Waals surface area contributed by atoms with Crippen molar-refractivity contribution in [2.75, 3.05) is 13.7 Å². The number of ether oxygens (including phenoxy) is 1. The summed E-state index contributed by atoms with van der Waals surface area (Å²) < 4.78 is 5.21. The van der Waals surface area contributed by atoms with Crippen LogP contribution in [0, 0.1) is 5.92 Å². The van der Waals surface area contributed by atoms with Gasteiger partial charge in [0.1, 0.15) is 5.75 Å². The van der Waals surface area contributed by atoms with E-state index in [1.54, 1.807) is 7.11 Å². The zero-order chi connectivity index (χ0) is 13.9. The van der Waals surface area contributed by atoms with Crippen molar-refractivity contribution in [3.8, 4) is 5.75 Å². The number of nitrogens with zero attached hydrogens (tertiary/aromatic N) is 1. The van der Waals surface area contributed by atoms with Crippen LogP contribution in [0.25, 0.3) is 0 Å². The molecule has 0 radical (unpaired) electrons. The van der Waals surface area contributed by atoms with Crippen LogP contribution in [0.15, 0.2) is 24.3 Å². The maximum Gasteiger partial charge on any atom is 0.226 e. The molecule has 3 heteroatoms. The largest absolute Gasteiger partial charge is 0.497 e. The third-order valence-electron chi connectivity index (χ3n) is 4.74. The summed E-state index contributed by atoms with van der Waals surface area (Å²) in [5.41, 5.74) is 1.25. The van der Waals surface area contributed by atoms with Crippen LogP contribution in [0.5, 0.6) is 5.75 Å². The summed E-state index contributed by atoms with van der Waals surface area (Å²) in [7, 11) is 1.68. The molecule has 108 valence electrons. The zero-order valence-electron chi connectivity index (χ0n) is 12.2. The summed E-state index contributed by atoms with van der Waals surface area (Å²) in [6, 6.07) is 8.46. The van der Waals surface area contributed by atoms with Gasteiger partial charge in [0.25, 0.3) is 0 Å². The molecule has 1 saturated carbocycles. The number of carbonyl (C=O) groups is 1. The standard InChI is InChI=1S/C17H23NO2/c1-20-15-10-8-13(9-11-15)16-7-4-12-18(16)17(19)14-5-2-3-6-14/h8-11,14,16H,2-7,12H2,1H3. The molecule has 2 fully saturated rings. The van der Waals surface area contributed by atoms with E-state index in [9.17, 15) is 4.79 Å². The fraction of sp³-hybridized carbons (Fsp3) is 0.588. The van der Waals surface area contributed by atoms with Crippen LogP contribution in [-0.2, 0) is 4.79 Å². The Kier molecular flexibility index (Phi) is 3.95. The van der Waals surface area contributed by atoms with E-state index in [4.69, 9.17) is 4.74 Å². The minimum Gasteiger partial charge on any atom is -0.497 e. The molecule has 1 heterocycles. The second-order valence-corrected chi connectivity index (χ2v) is 5.94. The second kappa shape index (κ2) is 5.86. The summed E-state index contributed by atoms with van der Waals surface area (Å²) in [6.07, 6.45) is 6.82. The average molecular weight is 273 g/mol. The number of benzene rings is 1. The highest BCUT2D eigenvalue weighted by Gasteiger charge is 2.34. The molecular weight excluding hydrogens is 250 g/mol. The first-order chi connectivity index (χ1) is 9.79. The van der Waals surface area contributed by atoms with Gasteiger partial charge in [-0.1, -0.05) is 25.0 Å². The average Bonchev–Trinajstić information content (AvgIpc) is 3.18. The van der Waals surface area contributed by atoms with Gasteiger partial charge in [-0.15, -0.1) is 0 Å². The summed E-state index contributed by atoms with van der Waals surface area (Å²) in [5.74, 6) is 1.55. The minimum atomic E-state index is 0.272. The van der Waals surface area contributed by atoms with Crippen LogP contribution in [0.3, 0.4) is 0 Å². The monoisotopic (exact) mass is 273 g/mol. The minimum absolute atomic E-state index is 0.272. The molecule has 0 spiro atoms. The second-order valence-electron chi connectivity index (χ2n) is 5.94. The number of amides is 1. The van der Waals surface area contributed by atoms with Crippen molar-refractivity contribution in [3.63, 3.8) is 0 Å². The molecule has 2 aliphatic rings. The predicted octanol–water partition coefficient (Wildman–Crippen LogP) is 3.55. The number of methoxy groups -OCH3 is 1. The lowest BCUT2D eigenvalue weighted by Crippen LogP contribution is -2.34. The van der Waals surface area contributed by atoms with Gasteiger partial charge >= 0.3 is 0 Å². The maximum atomic E-state index is 12.7. The van der Waals surface area contributed by atoms with Crippen LogP contribution < -0.4 is 4.74 Å². The Morgan fingerprint density at radius 3 is 2.45 bits per heavy atom. The SMILES string of the molecule is COc1ccc(C2CCCN2C(=O)C2CCCC2)cc1. The van der Waals surface area contributed by atoms with Crippen LogP contribution in [0.1, 0.15) is 50.1 Å². The van der Waals surface area contributed by atoms with E-state index in [2.05, 4.69) is 17.0 Å². The summed E-state index contributed by atoms with van der Waals surface area (Å²) in [4.78, 5) is 14.8. The van der Waals surface area contributed by atoms with Crippen molar-refractivity contribution in [1.29, 1.82) is 0 Å². The smallest absolute Gasteiger partial charge is 0.226 e. The molecule has 1 aromatic carbocycles. The van der Waals surface area contributed by atoms with Gasteiger partial charge in [-0.05, 0) is 43.4 Å². The number of likely N-dealkylation sites (tertiary alicyclic amines) is 1. The third-order valence-corrected chi connectivity index (χ3v) is 4.74. The van der Waals surface area contributed by atoms with Crippen LogP contribution in [-0.4, -0.2) is 24.5 Å². The molecule has 1 saturated heterocycles. The van der Waals surface area contributed by atoms with E-state index in [1.165, 1.54) is 18.4 Å². The first kappa shape index (κ1) is 13.5. The summed E-state index contributed by atoms with van der Waals surface area (Å²) >= 11 is 0. The molecule has 1 atom stereocenters. The third kappa shape index (κ3) is 2.54. The zero-order valence-corrected chi connectivity index (χ0v) is 12.2. The molecule has 1 aliphatic carbocycles. The Labute approximate surface area is 120 Å². The van der Waals surface area contributed by atoms with Crippen molar-refractivity contribution in [1.82, 2.24) is 4.90 Å². The molecule has 0 N–H and O–H groups in total. The number of hydrogen-bond donors (Lipinski definition) is 0. The van der Waals surface area contributed by atoms with Crippen LogP contribution >= 0.6 is 0 Å². The van der Waals surface area contributed by atoms with Gasteiger partial charge < -0.3 is 9.64 Å². The maximum absolute atomic E-state index is 12.7. The normalized spacial score (nSPS) is 23.2. The van der Waals surface area contributed by atoms with Gasteiger partial charge in [-0.25, -0.2) is 0 Å². The van der Waals surface area contributed by atoms with Crippen molar-refractivity contribution in [2.45, 2.75) is 44.6 Å². The number of carbonyl (C=O) groups excluding carboxylic acids is 1. The van der Waals surface area contributed by atoms with Crippen LogP contribution in [0.4, 0.5) is 0 Å². The van der Waals surface area contributed by atoms with Crippen LogP contribution in [0.2, 0.25) is 0 Å². The quantitative estimate of drug-likeness (QED) is 0.843. The highest BCUT2D eigenvalue weighted by Crippen LogP contribution is 2.36. The molecule has 3 rings (SSSR count). The molecule has 0 aromatic heterocycles. The Morgan fingerprint density at radius 1 is 1.10 bits per heavy atom. The number of hydrogen-bond acceptors (Lipinski definition) is 2. The molecule has 1 amide bonds. The van der Waals surface area contributed by atoms with Gasteiger partial charge in [0.15, 0.2) is 0 Å². The van der Waals surface area contributed by atoms with Crippen molar-refractivity contribution >= 4 is 5.91 Å². The van der Waals surface area contributed by atoms with E-state index in [-0.39, 0.29) is 12.0 Å². The Bertz CT molecular complexity index is 462. The van der Waals surface area contributed by atoms with Gasteiger partial charge in [0.2, 0.25) is 5.91 Å². The molecule has 0 bridgehead atoms. The molecule has 20 heavy (non-hydrogen) atoms. The van der Waals surface area contributed by atoms with E-state index in [0.717, 1.165) is 38.0 Å². The Morgan fingerprint density at radius 2 is 1.80 bits per heavy atom. The first-order valence-corrected chi connectivity index (χ1v) is 7.74. The van der Waals surface area contributed by atoms with Crippen molar-refractivity contribution < 1.29 is 9.53 Å². The van der Waals surface area contributed by atoms with Gasteiger partial charge in [-0.3, -0.25) is 4.79 Å². The summed E-state index contributed by atoms with van der Waals surface area (Å²) in [5, 5.41) is 0.